The molecule has 0 saturated carbocycles. The molecule has 2 heterocycles. The maximum atomic E-state index is 13.3. The van der Waals surface area contributed by atoms with Crippen LogP contribution in [0, 0.1) is 0 Å². The molecule has 15 heteroatoms. The molecule has 2 aliphatic rings. The number of hydrogen-bond donors (Lipinski definition) is 5. The van der Waals surface area contributed by atoms with Crippen LogP contribution in [0.4, 0.5) is 15.3 Å². The van der Waals surface area contributed by atoms with Gasteiger partial charge in [0.15, 0.2) is 0 Å². The molecule has 192 valence electrons. The summed E-state index contributed by atoms with van der Waals surface area (Å²) in [5, 5.41) is 25.0. The summed E-state index contributed by atoms with van der Waals surface area (Å²) >= 11 is 0. The highest BCUT2D eigenvalue weighted by atomic mass is 16.4. The molecular weight excluding hydrogens is 480 g/mol. The zero-order chi connectivity index (χ0) is 26.4. The van der Waals surface area contributed by atoms with Gasteiger partial charge in [-0.25, -0.2) is 24.6 Å². The zero-order valence-electron chi connectivity index (χ0n) is 18.9. The lowest BCUT2D eigenvalue weighted by molar-refractivity contribution is -0.155. The number of fused-ring (bicyclic) bond motifs is 1. The first-order valence-corrected chi connectivity index (χ1v) is 10.9. The molecule has 3 rings (SSSR count). The standard InChI is InChI=1S/C21H24N6O9/c28-11-14(10-17(30)31)22-19(33)15-2-1-8-26-16(29)7-9-25(21(36)27(15)26)24-18(32)12-3-5-13(6-4-12)23-20(34)35/h3-6,11,14-15,23H,1-2,7-10H2,(H,22,33)(H,24,32)(H,30,31)(H,34,35)/t14?,15-/m0/s1. The predicted octanol–water partition coefficient (Wildman–Crippen LogP) is -0.387. The molecule has 2 atom stereocenters. The summed E-state index contributed by atoms with van der Waals surface area (Å²) in [4.78, 5) is 84.4. The molecule has 0 bridgehead atoms. The molecule has 6 amide bonds. The van der Waals surface area contributed by atoms with Crippen LogP contribution in [-0.2, 0) is 19.2 Å². The lowest BCUT2D eigenvalue weighted by Crippen LogP contribution is -2.64. The predicted molar refractivity (Wildman–Crippen MR) is 119 cm³/mol. The van der Waals surface area contributed by atoms with Gasteiger partial charge in [-0.05, 0) is 37.1 Å². The number of carboxylic acids is 1. The maximum Gasteiger partial charge on any atom is 0.409 e. The van der Waals surface area contributed by atoms with Crippen molar-refractivity contribution < 1.29 is 43.8 Å². The van der Waals surface area contributed by atoms with E-state index < -0.39 is 54.3 Å². The highest BCUT2D eigenvalue weighted by Gasteiger charge is 2.44. The van der Waals surface area contributed by atoms with Crippen molar-refractivity contribution in [3.05, 3.63) is 29.8 Å². The second kappa shape index (κ2) is 11.2. The Morgan fingerprint density at radius 3 is 2.39 bits per heavy atom. The van der Waals surface area contributed by atoms with Gasteiger partial charge in [0.1, 0.15) is 12.3 Å². The van der Waals surface area contributed by atoms with Crippen molar-refractivity contribution in [3.8, 4) is 0 Å². The minimum Gasteiger partial charge on any atom is -0.481 e. The molecule has 0 spiro atoms. The topological polar surface area (TPSA) is 206 Å². The molecule has 2 aliphatic heterocycles. The number of carbonyl (C=O) groups excluding carboxylic acids is 5. The first kappa shape index (κ1) is 25.9. The van der Waals surface area contributed by atoms with Crippen LogP contribution in [0.2, 0.25) is 0 Å². The van der Waals surface area contributed by atoms with E-state index in [0.29, 0.717) is 6.42 Å². The number of hydrazine groups is 2. The number of aliphatic carboxylic acids is 1. The number of nitrogens with one attached hydrogen (secondary N) is 3. The zero-order valence-corrected chi connectivity index (χ0v) is 18.9. The lowest BCUT2D eigenvalue weighted by Gasteiger charge is -2.42. The fourth-order valence-corrected chi connectivity index (χ4v) is 3.83. The van der Waals surface area contributed by atoms with Gasteiger partial charge >= 0.3 is 18.1 Å². The van der Waals surface area contributed by atoms with Gasteiger partial charge in [0.2, 0.25) is 11.8 Å². The van der Waals surface area contributed by atoms with Gasteiger partial charge in [-0.2, -0.15) is 0 Å². The number of carbonyl (C=O) groups is 7. The Morgan fingerprint density at radius 2 is 1.78 bits per heavy atom. The average Bonchev–Trinajstić information content (AvgIpc) is 2.95. The molecule has 15 nitrogen and oxygen atoms in total. The van der Waals surface area contributed by atoms with E-state index in [1.807, 2.05) is 0 Å². The van der Waals surface area contributed by atoms with Gasteiger partial charge < -0.3 is 20.3 Å². The first-order valence-electron chi connectivity index (χ1n) is 10.9. The minimum absolute atomic E-state index is 0.0987. The van der Waals surface area contributed by atoms with Crippen molar-refractivity contribution in [3.63, 3.8) is 0 Å². The van der Waals surface area contributed by atoms with Gasteiger partial charge in [0, 0.05) is 24.2 Å². The number of amides is 6. The first-order chi connectivity index (χ1) is 17.1. The molecule has 36 heavy (non-hydrogen) atoms. The van der Waals surface area contributed by atoms with Crippen LogP contribution < -0.4 is 16.1 Å². The fourth-order valence-electron chi connectivity index (χ4n) is 3.83. The van der Waals surface area contributed by atoms with Crippen LogP contribution in [0.1, 0.15) is 36.0 Å². The van der Waals surface area contributed by atoms with Crippen molar-refractivity contribution in [2.24, 2.45) is 0 Å². The number of rotatable bonds is 8. The van der Waals surface area contributed by atoms with Crippen molar-refractivity contribution in [1.29, 1.82) is 0 Å². The Balaban J connectivity index is 1.77. The summed E-state index contributed by atoms with van der Waals surface area (Å²) in [5.41, 5.74) is 2.72. The van der Waals surface area contributed by atoms with Crippen LogP contribution in [0.25, 0.3) is 0 Å². The molecule has 5 N–H and O–H groups in total. The molecule has 0 aliphatic carbocycles. The Bertz CT molecular complexity index is 1080. The quantitative estimate of drug-likeness (QED) is 0.292. The van der Waals surface area contributed by atoms with E-state index in [2.05, 4.69) is 16.1 Å². The van der Waals surface area contributed by atoms with Crippen LogP contribution in [0.3, 0.4) is 0 Å². The number of carboxylic acid groups (broad SMARTS) is 2. The smallest absolute Gasteiger partial charge is 0.409 e. The van der Waals surface area contributed by atoms with Gasteiger partial charge in [-0.15, -0.1) is 0 Å². The van der Waals surface area contributed by atoms with Gasteiger partial charge in [-0.1, -0.05) is 0 Å². The second-order valence-corrected chi connectivity index (χ2v) is 8.00. The molecular formula is C21H24N6O9. The average molecular weight is 504 g/mol. The summed E-state index contributed by atoms with van der Waals surface area (Å²) in [7, 11) is 0. The van der Waals surface area contributed by atoms with Gasteiger partial charge in [0.25, 0.3) is 5.91 Å². The van der Waals surface area contributed by atoms with Crippen molar-refractivity contribution in [1.82, 2.24) is 25.8 Å². The number of hydrogen-bond acceptors (Lipinski definition) is 7. The maximum absolute atomic E-state index is 13.3. The lowest BCUT2D eigenvalue weighted by atomic mass is 10.1. The number of anilines is 1. The highest BCUT2D eigenvalue weighted by Crippen LogP contribution is 2.24. The molecule has 1 aromatic carbocycles. The molecule has 1 unspecified atom stereocenters. The number of aldehydes is 1. The third-order valence-electron chi connectivity index (χ3n) is 5.49. The van der Waals surface area contributed by atoms with E-state index in [9.17, 15) is 33.6 Å². The molecule has 2 saturated heterocycles. The number of nitrogens with zero attached hydrogens (tertiary/aromatic N) is 3. The van der Waals surface area contributed by atoms with E-state index >= 15 is 0 Å². The summed E-state index contributed by atoms with van der Waals surface area (Å²) in [6, 6.07) is 1.97. The fraction of sp³-hybridized carbons (Fsp3) is 0.381. The van der Waals surface area contributed by atoms with Crippen LogP contribution in [-0.4, -0.2) is 92.5 Å². The monoisotopic (exact) mass is 504 g/mol. The summed E-state index contributed by atoms with van der Waals surface area (Å²) < 4.78 is 0. The Hall–Kier alpha value is -4.69. The molecule has 1 aromatic rings. The third-order valence-corrected chi connectivity index (χ3v) is 5.49. The number of urea groups is 1. The van der Waals surface area contributed by atoms with Crippen molar-refractivity contribution in [2.75, 3.05) is 18.4 Å². The third kappa shape index (κ3) is 6.05. The second-order valence-electron chi connectivity index (χ2n) is 8.00. The minimum atomic E-state index is -1.32. The molecule has 0 aromatic heterocycles. The highest BCUT2D eigenvalue weighted by molar-refractivity contribution is 5.97. The number of benzene rings is 1. The molecule has 2 fully saturated rings. The Labute approximate surface area is 203 Å². The van der Waals surface area contributed by atoms with E-state index in [1.54, 1.807) is 0 Å². The van der Waals surface area contributed by atoms with E-state index in [4.69, 9.17) is 10.2 Å². The van der Waals surface area contributed by atoms with Crippen LogP contribution in [0.5, 0.6) is 0 Å². The summed E-state index contributed by atoms with van der Waals surface area (Å²) in [6.07, 6.45) is -1.29. The summed E-state index contributed by atoms with van der Waals surface area (Å²) in [5.74, 6) is -3.29. The van der Waals surface area contributed by atoms with Crippen LogP contribution >= 0.6 is 0 Å². The van der Waals surface area contributed by atoms with Crippen molar-refractivity contribution in [2.45, 2.75) is 37.8 Å². The van der Waals surface area contributed by atoms with E-state index in [-0.39, 0.29) is 43.5 Å². The van der Waals surface area contributed by atoms with Gasteiger partial charge in [0.05, 0.1) is 19.0 Å². The largest absolute Gasteiger partial charge is 0.481 e. The summed E-state index contributed by atoms with van der Waals surface area (Å²) in [6.45, 7) is -0.0280. The Morgan fingerprint density at radius 1 is 1.08 bits per heavy atom. The van der Waals surface area contributed by atoms with E-state index in [1.165, 1.54) is 24.3 Å². The van der Waals surface area contributed by atoms with Gasteiger partial charge in [-0.3, -0.25) is 29.9 Å². The molecule has 0 radical (unpaired) electrons. The Kier molecular flexibility index (Phi) is 8.03. The normalized spacial score (nSPS) is 18.4. The SMILES string of the molecule is O=CC(CC(=O)O)NC(=O)[C@@H]1CCCN2C(=O)CCN(NC(=O)c3ccc(NC(=O)O)cc3)C(=O)N12. The van der Waals surface area contributed by atoms with Crippen molar-refractivity contribution >= 4 is 47.8 Å². The van der Waals surface area contributed by atoms with E-state index in [0.717, 1.165) is 15.0 Å². The van der Waals surface area contributed by atoms with Crippen LogP contribution in [0.15, 0.2) is 24.3 Å².